The predicted octanol–water partition coefficient (Wildman–Crippen LogP) is 5.61. The molecule has 7 nitrogen and oxygen atoms in total. The van der Waals surface area contributed by atoms with Crippen LogP contribution < -0.4 is 14.8 Å². The summed E-state index contributed by atoms with van der Waals surface area (Å²) < 4.78 is 52.4. The lowest BCUT2D eigenvalue weighted by molar-refractivity contribution is -0.137. The number of benzene rings is 2. The standard InChI is InChI=1S/C23H24F3N5O2/c1-12(2)21-29-30-22-28-20(16-10-18(32-4)19(33-5)11-17(16)31(21)22)27-13(3)14-7-6-8-15(9-14)23(24,25)26/h6-13H,1-5H3,(H,27,28,30)/t13-/m1/s1. The van der Waals surface area contributed by atoms with Gasteiger partial charge in [-0.15, -0.1) is 10.2 Å². The first-order chi connectivity index (χ1) is 15.6. The van der Waals surface area contributed by atoms with Gasteiger partial charge in [0.05, 0.1) is 25.3 Å². The number of methoxy groups -OCH3 is 2. The van der Waals surface area contributed by atoms with Gasteiger partial charge in [-0.25, -0.2) is 0 Å². The Morgan fingerprint density at radius 2 is 1.67 bits per heavy atom. The molecule has 2 heterocycles. The molecule has 1 N–H and O–H groups in total. The number of nitrogens with one attached hydrogen (secondary N) is 1. The fraction of sp³-hybridized carbons (Fsp3) is 0.348. The Labute approximate surface area is 188 Å². The van der Waals surface area contributed by atoms with Gasteiger partial charge in [-0.2, -0.15) is 18.2 Å². The van der Waals surface area contributed by atoms with Crippen LogP contribution in [0.5, 0.6) is 11.5 Å². The van der Waals surface area contributed by atoms with E-state index in [1.165, 1.54) is 13.2 Å². The van der Waals surface area contributed by atoms with Gasteiger partial charge in [-0.05, 0) is 30.7 Å². The highest BCUT2D eigenvalue weighted by atomic mass is 19.4. The highest BCUT2D eigenvalue weighted by Gasteiger charge is 2.31. The number of nitrogens with zero attached hydrogens (tertiary/aromatic N) is 4. The zero-order valence-electron chi connectivity index (χ0n) is 18.9. The van der Waals surface area contributed by atoms with E-state index in [9.17, 15) is 13.2 Å². The second-order valence-electron chi connectivity index (χ2n) is 8.02. The SMILES string of the molecule is COc1cc2c(N[C@H](C)c3cccc(C(F)(F)F)c3)nc3nnc(C(C)C)n3c2cc1OC. The highest BCUT2D eigenvalue weighted by Crippen LogP contribution is 2.37. The number of alkyl halides is 3. The molecule has 0 radical (unpaired) electrons. The van der Waals surface area contributed by atoms with Crippen molar-refractivity contribution in [1.29, 1.82) is 0 Å². The predicted molar refractivity (Wildman–Crippen MR) is 119 cm³/mol. The maximum absolute atomic E-state index is 13.2. The van der Waals surface area contributed by atoms with Gasteiger partial charge in [0.2, 0.25) is 0 Å². The summed E-state index contributed by atoms with van der Waals surface area (Å²) in [5.41, 5.74) is 0.516. The summed E-state index contributed by atoms with van der Waals surface area (Å²) in [6, 6.07) is 8.36. The Bertz CT molecular complexity index is 1320. The third-order valence-corrected chi connectivity index (χ3v) is 5.46. The number of aromatic nitrogens is 4. The molecular weight excluding hydrogens is 435 g/mol. The molecule has 1 atom stereocenters. The number of hydrogen-bond donors (Lipinski definition) is 1. The fourth-order valence-corrected chi connectivity index (χ4v) is 3.75. The lowest BCUT2D eigenvalue weighted by atomic mass is 10.0. The van der Waals surface area contributed by atoms with Crippen LogP contribution in [0.1, 0.15) is 49.7 Å². The summed E-state index contributed by atoms with van der Waals surface area (Å²) in [7, 11) is 3.08. The van der Waals surface area contributed by atoms with E-state index in [4.69, 9.17) is 9.47 Å². The van der Waals surface area contributed by atoms with Crippen LogP contribution in [0.4, 0.5) is 19.0 Å². The molecule has 33 heavy (non-hydrogen) atoms. The summed E-state index contributed by atoms with van der Waals surface area (Å²) in [5, 5.41) is 12.4. The van der Waals surface area contributed by atoms with Crippen molar-refractivity contribution >= 4 is 22.5 Å². The topological polar surface area (TPSA) is 73.6 Å². The molecule has 4 aromatic rings. The number of rotatable bonds is 6. The van der Waals surface area contributed by atoms with Crippen molar-refractivity contribution in [2.75, 3.05) is 19.5 Å². The molecule has 0 amide bonds. The molecule has 0 fully saturated rings. The first-order valence-corrected chi connectivity index (χ1v) is 10.4. The molecule has 0 bridgehead atoms. The van der Waals surface area contributed by atoms with E-state index >= 15 is 0 Å². The number of halogens is 3. The summed E-state index contributed by atoms with van der Waals surface area (Å²) in [4.78, 5) is 4.63. The fourth-order valence-electron chi connectivity index (χ4n) is 3.75. The molecule has 0 aliphatic heterocycles. The van der Waals surface area contributed by atoms with Crippen molar-refractivity contribution in [2.24, 2.45) is 0 Å². The van der Waals surface area contributed by atoms with Gasteiger partial charge in [0, 0.05) is 23.4 Å². The number of ether oxygens (including phenoxy) is 2. The lowest BCUT2D eigenvalue weighted by Crippen LogP contribution is -2.12. The lowest BCUT2D eigenvalue weighted by Gasteiger charge is -2.19. The molecule has 4 rings (SSSR count). The third-order valence-electron chi connectivity index (χ3n) is 5.46. The van der Waals surface area contributed by atoms with E-state index in [0.29, 0.717) is 34.0 Å². The molecule has 2 aromatic heterocycles. The Morgan fingerprint density at radius 3 is 2.30 bits per heavy atom. The summed E-state index contributed by atoms with van der Waals surface area (Å²) >= 11 is 0. The molecule has 174 valence electrons. The molecule has 0 saturated carbocycles. The van der Waals surface area contributed by atoms with Crippen molar-refractivity contribution in [3.8, 4) is 11.5 Å². The van der Waals surface area contributed by atoms with Gasteiger partial charge in [0.25, 0.3) is 5.78 Å². The quantitative estimate of drug-likeness (QED) is 0.404. The molecule has 2 aromatic carbocycles. The van der Waals surface area contributed by atoms with Crippen LogP contribution in [0.15, 0.2) is 36.4 Å². The monoisotopic (exact) mass is 459 g/mol. The Kier molecular flexibility index (Phi) is 5.77. The maximum Gasteiger partial charge on any atom is 0.416 e. The van der Waals surface area contributed by atoms with Gasteiger partial charge >= 0.3 is 6.18 Å². The Balaban J connectivity index is 1.88. The van der Waals surface area contributed by atoms with Crippen molar-refractivity contribution in [2.45, 2.75) is 38.9 Å². The summed E-state index contributed by atoms with van der Waals surface area (Å²) in [6.45, 7) is 5.78. The molecule has 10 heteroatoms. The van der Waals surface area contributed by atoms with E-state index < -0.39 is 17.8 Å². The van der Waals surface area contributed by atoms with Crippen molar-refractivity contribution in [3.63, 3.8) is 0 Å². The van der Waals surface area contributed by atoms with Gasteiger partial charge in [0.15, 0.2) is 11.5 Å². The molecule has 0 aliphatic rings. The maximum atomic E-state index is 13.2. The van der Waals surface area contributed by atoms with Crippen LogP contribution in [0.2, 0.25) is 0 Å². The first-order valence-electron chi connectivity index (χ1n) is 10.4. The minimum atomic E-state index is -4.42. The van der Waals surface area contributed by atoms with Crippen LogP contribution in [0.25, 0.3) is 16.7 Å². The van der Waals surface area contributed by atoms with Crippen LogP contribution in [0, 0.1) is 0 Å². The van der Waals surface area contributed by atoms with Gasteiger partial charge in [0.1, 0.15) is 11.6 Å². The van der Waals surface area contributed by atoms with Gasteiger partial charge < -0.3 is 14.8 Å². The van der Waals surface area contributed by atoms with Crippen molar-refractivity contribution in [1.82, 2.24) is 19.6 Å². The minimum absolute atomic E-state index is 0.0842. The van der Waals surface area contributed by atoms with Crippen molar-refractivity contribution < 1.29 is 22.6 Å². The zero-order valence-corrected chi connectivity index (χ0v) is 18.9. The Morgan fingerprint density at radius 1 is 0.970 bits per heavy atom. The normalized spacial score (nSPS) is 13.0. The van der Waals surface area contributed by atoms with E-state index in [1.54, 1.807) is 26.2 Å². The molecule has 0 unspecified atom stereocenters. The van der Waals surface area contributed by atoms with Gasteiger partial charge in [-0.1, -0.05) is 26.0 Å². The molecule has 0 spiro atoms. The van der Waals surface area contributed by atoms with Crippen LogP contribution in [-0.4, -0.2) is 33.8 Å². The third kappa shape index (κ3) is 4.12. The molecule has 0 aliphatic carbocycles. The number of anilines is 1. The van der Waals surface area contributed by atoms with Crippen molar-refractivity contribution in [3.05, 3.63) is 53.3 Å². The van der Waals surface area contributed by atoms with Crippen LogP contribution >= 0.6 is 0 Å². The second kappa shape index (κ2) is 8.42. The first kappa shape index (κ1) is 22.6. The molecular formula is C23H24F3N5O2. The highest BCUT2D eigenvalue weighted by molar-refractivity contribution is 5.94. The Hall–Kier alpha value is -3.56. The van der Waals surface area contributed by atoms with E-state index in [1.807, 2.05) is 24.3 Å². The average Bonchev–Trinajstić information content (AvgIpc) is 3.22. The second-order valence-corrected chi connectivity index (χ2v) is 8.02. The van der Waals surface area contributed by atoms with Gasteiger partial charge in [-0.3, -0.25) is 4.40 Å². The van der Waals surface area contributed by atoms with E-state index in [2.05, 4.69) is 20.5 Å². The number of fused-ring (bicyclic) bond motifs is 3. The summed E-state index contributed by atoms with van der Waals surface area (Å²) in [6.07, 6.45) is -4.42. The number of hydrogen-bond acceptors (Lipinski definition) is 6. The molecule has 0 saturated heterocycles. The van der Waals surface area contributed by atoms with Crippen LogP contribution in [-0.2, 0) is 6.18 Å². The van der Waals surface area contributed by atoms with E-state index in [0.717, 1.165) is 23.5 Å². The largest absolute Gasteiger partial charge is 0.493 e. The smallest absolute Gasteiger partial charge is 0.416 e. The minimum Gasteiger partial charge on any atom is -0.493 e. The summed E-state index contributed by atoms with van der Waals surface area (Å²) in [5.74, 6) is 2.66. The zero-order chi connectivity index (χ0) is 23.9. The van der Waals surface area contributed by atoms with Crippen LogP contribution in [0.3, 0.4) is 0 Å². The van der Waals surface area contributed by atoms with E-state index in [-0.39, 0.29) is 5.92 Å². The average molecular weight is 459 g/mol.